The molecule has 0 amide bonds. The van der Waals surface area contributed by atoms with E-state index in [1.54, 1.807) is 0 Å². The molecule has 4 aliphatic rings. The van der Waals surface area contributed by atoms with Gasteiger partial charge in [0.15, 0.2) is 0 Å². The van der Waals surface area contributed by atoms with Gasteiger partial charge >= 0.3 is 0 Å². The van der Waals surface area contributed by atoms with E-state index in [4.69, 9.17) is 0 Å². The van der Waals surface area contributed by atoms with Crippen molar-refractivity contribution in [3.8, 4) is 0 Å². The van der Waals surface area contributed by atoms with Crippen LogP contribution in [0.3, 0.4) is 0 Å². The van der Waals surface area contributed by atoms with Crippen molar-refractivity contribution in [2.75, 3.05) is 6.61 Å². The fourth-order valence-corrected chi connectivity index (χ4v) is 9.45. The van der Waals surface area contributed by atoms with Crippen LogP contribution in [0.5, 0.6) is 0 Å². The molecule has 4 rings (SSSR count). The molecule has 0 aromatic heterocycles. The number of aliphatic hydroxyl groups is 5. The van der Waals surface area contributed by atoms with E-state index in [1.807, 2.05) is 0 Å². The SMILES string of the molecule is C[C@H](CO)CCC[C@@H](C)[C@H]1[C@@H](O)[C@H](O)[C@H]2[C@@H]3C[C@@H](O)[C@@H]4C[C@@H](O)CC[C@]4(C)[C@H]3CC[C@]12C. The number of fused-ring (bicyclic) bond motifs is 5. The lowest BCUT2D eigenvalue weighted by atomic mass is 9.43. The molecule has 186 valence electrons. The molecule has 32 heavy (non-hydrogen) atoms. The van der Waals surface area contributed by atoms with Crippen LogP contribution in [0.15, 0.2) is 0 Å². The largest absolute Gasteiger partial charge is 0.396 e. The third kappa shape index (κ3) is 3.88. The van der Waals surface area contributed by atoms with E-state index >= 15 is 0 Å². The molecular weight excluding hydrogens is 404 g/mol. The number of rotatable bonds is 6. The zero-order chi connectivity index (χ0) is 23.4. The van der Waals surface area contributed by atoms with Gasteiger partial charge in [-0.25, -0.2) is 0 Å². The zero-order valence-electron chi connectivity index (χ0n) is 20.7. The predicted molar refractivity (Wildman–Crippen MR) is 125 cm³/mol. The van der Waals surface area contributed by atoms with Gasteiger partial charge in [0.05, 0.1) is 24.4 Å². The number of hydrogen-bond donors (Lipinski definition) is 5. The summed E-state index contributed by atoms with van der Waals surface area (Å²) in [7, 11) is 0. The number of aliphatic hydroxyl groups excluding tert-OH is 5. The van der Waals surface area contributed by atoms with Crippen LogP contribution in [0.4, 0.5) is 0 Å². The summed E-state index contributed by atoms with van der Waals surface area (Å²) in [6.07, 6.45) is 6.14. The second kappa shape index (κ2) is 9.11. The Bertz CT molecular complexity index is 656. The van der Waals surface area contributed by atoms with Gasteiger partial charge in [-0.2, -0.15) is 0 Å². The van der Waals surface area contributed by atoms with Gasteiger partial charge in [-0.1, -0.05) is 40.5 Å². The standard InChI is InChI=1S/C27H48O5/c1-15(14-28)6-5-7-16(2)22-24(31)25(32)23-18-13-21(30)20-12-17(29)8-10-26(20,3)19(18)9-11-27(22,23)4/h15-25,28-32H,5-14H2,1-4H3/t15-,16+,17-,18+,19-,20-,21+,22-,23+,24+,25+,26+,27+/m0/s1. The van der Waals surface area contributed by atoms with Crippen molar-refractivity contribution in [2.24, 2.45) is 52.3 Å². The molecular formula is C27H48O5. The van der Waals surface area contributed by atoms with Crippen LogP contribution in [0.1, 0.15) is 85.5 Å². The van der Waals surface area contributed by atoms with Gasteiger partial charge in [-0.3, -0.25) is 0 Å². The third-order valence-corrected chi connectivity index (χ3v) is 11.1. The molecule has 5 nitrogen and oxygen atoms in total. The Hall–Kier alpha value is -0.200. The molecule has 4 fully saturated rings. The smallest absolute Gasteiger partial charge is 0.0838 e. The summed E-state index contributed by atoms with van der Waals surface area (Å²) < 4.78 is 0. The minimum atomic E-state index is -0.724. The zero-order valence-corrected chi connectivity index (χ0v) is 20.7. The van der Waals surface area contributed by atoms with E-state index in [1.165, 1.54) is 0 Å². The van der Waals surface area contributed by atoms with Crippen LogP contribution in [0.2, 0.25) is 0 Å². The van der Waals surface area contributed by atoms with Gasteiger partial charge in [0.2, 0.25) is 0 Å². The Labute approximate surface area is 194 Å². The average Bonchev–Trinajstić information content (AvgIpc) is 2.94. The maximum Gasteiger partial charge on any atom is 0.0838 e. The molecule has 0 aromatic carbocycles. The average molecular weight is 453 g/mol. The van der Waals surface area contributed by atoms with Crippen molar-refractivity contribution in [1.82, 2.24) is 0 Å². The molecule has 0 bridgehead atoms. The highest BCUT2D eigenvalue weighted by atomic mass is 16.3. The predicted octanol–water partition coefficient (Wildman–Crippen LogP) is 3.35. The summed E-state index contributed by atoms with van der Waals surface area (Å²) >= 11 is 0. The minimum absolute atomic E-state index is 0.0116. The third-order valence-electron chi connectivity index (χ3n) is 11.1. The van der Waals surface area contributed by atoms with E-state index < -0.39 is 18.3 Å². The van der Waals surface area contributed by atoms with E-state index in [0.717, 1.165) is 44.9 Å². The molecule has 0 radical (unpaired) electrons. The molecule has 0 heterocycles. The van der Waals surface area contributed by atoms with Gasteiger partial charge in [0.25, 0.3) is 0 Å². The van der Waals surface area contributed by atoms with Gasteiger partial charge in [-0.05, 0) is 97.2 Å². The molecule has 13 atom stereocenters. The molecule has 0 saturated heterocycles. The Balaban J connectivity index is 1.55. The number of hydrogen-bond acceptors (Lipinski definition) is 5. The lowest BCUT2D eigenvalue weighted by molar-refractivity contribution is -0.181. The first-order chi connectivity index (χ1) is 15.0. The molecule has 5 heteroatoms. The van der Waals surface area contributed by atoms with E-state index in [0.29, 0.717) is 30.6 Å². The van der Waals surface area contributed by atoms with Gasteiger partial charge in [-0.15, -0.1) is 0 Å². The van der Waals surface area contributed by atoms with Crippen molar-refractivity contribution < 1.29 is 25.5 Å². The van der Waals surface area contributed by atoms with Crippen LogP contribution in [-0.2, 0) is 0 Å². The molecule has 5 N–H and O–H groups in total. The summed E-state index contributed by atoms with van der Waals surface area (Å²) in [4.78, 5) is 0. The quantitative estimate of drug-likeness (QED) is 0.425. The lowest BCUT2D eigenvalue weighted by Crippen LogP contribution is -2.59. The van der Waals surface area contributed by atoms with Crippen LogP contribution in [-0.4, -0.2) is 56.6 Å². The van der Waals surface area contributed by atoms with Crippen molar-refractivity contribution >= 4 is 0 Å². The Morgan fingerprint density at radius 3 is 2.22 bits per heavy atom. The van der Waals surface area contributed by atoms with Crippen LogP contribution in [0, 0.1) is 52.3 Å². The van der Waals surface area contributed by atoms with Crippen LogP contribution < -0.4 is 0 Å². The molecule has 0 spiro atoms. The Kier molecular flexibility index (Phi) is 7.09. The molecule has 0 aromatic rings. The van der Waals surface area contributed by atoms with Crippen LogP contribution >= 0.6 is 0 Å². The Morgan fingerprint density at radius 2 is 1.53 bits per heavy atom. The highest BCUT2D eigenvalue weighted by Crippen LogP contribution is 2.68. The maximum atomic E-state index is 11.4. The van der Waals surface area contributed by atoms with Gasteiger partial charge in [0, 0.05) is 6.61 Å². The summed E-state index contributed by atoms with van der Waals surface area (Å²) in [6.45, 7) is 9.16. The molecule has 0 aliphatic heterocycles. The van der Waals surface area contributed by atoms with E-state index in [-0.39, 0.29) is 47.2 Å². The highest BCUT2D eigenvalue weighted by molar-refractivity contribution is 5.15. The first-order valence-corrected chi connectivity index (χ1v) is 13.4. The van der Waals surface area contributed by atoms with Crippen molar-refractivity contribution in [1.29, 1.82) is 0 Å². The van der Waals surface area contributed by atoms with E-state index in [2.05, 4.69) is 27.7 Å². The Morgan fingerprint density at radius 1 is 0.844 bits per heavy atom. The first kappa shape index (κ1) is 24.9. The second-order valence-electron chi connectivity index (χ2n) is 12.9. The first-order valence-electron chi connectivity index (χ1n) is 13.4. The van der Waals surface area contributed by atoms with Gasteiger partial charge < -0.3 is 25.5 Å². The van der Waals surface area contributed by atoms with E-state index in [9.17, 15) is 25.5 Å². The van der Waals surface area contributed by atoms with Crippen molar-refractivity contribution in [2.45, 2.75) is 110 Å². The summed E-state index contributed by atoms with van der Waals surface area (Å²) in [5, 5.41) is 53.4. The van der Waals surface area contributed by atoms with Crippen LogP contribution in [0.25, 0.3) is 0 Å². The summed E-state index contributed by atoms with van der Waals surface area (Å²) in [6, 6.07) is 0. The maximum absolute atomic E-state index is 11.4. The molecule has 4 aliphatic carbocycles. The minimum Gasteiger partial charge on any atom is -0.396 e. The van der Waals surface area contributed by atoms with Gasteiger partial charge in [0.1, 0.15) is 0 Å². The fourth-order valence-electron chi connectivity index (χ4n) is 9.45. The molecule has 4 saturated carbocycles. The normalized spacial score (nSPS) is 52.6. The molecule has 0 unspecified atom stereocenters. The monoisotopic (exact) mass is 452 g/mol. The van der Waals surface area contributed by atoms with Crippen molar-refractivity contribution in [3.05, 3.63) is 0 Å². The highest BCUT2D eigenvalue weighted by Gasteiger charge is 2.67. The lowest BCUT2D eigenvalue weighted by Gasteiger charge is -2.62. The summed E-state index contributed by atoms with van der Waals surface area (Å²) in [5.74, 6) is 1.55. The fraction of sp³-hybridized carbons (Fsp3) is 1.00. The second-order valence-corrected chi connectivity index (χ2v) is 12.9. The van der Waals surface area contributed by atoms with Crippen molar-refractivity contribution in [3.63, 3.8) is 0 Å². The topological polar surface area (TPSA) is 101 Å². The summed E-state index contributed by atoms with van der Waals surface area (Å²) in [5.41, 5.74) is -0.100.